The first-order valence-corrected chi connectivity index (χ1v) is 17.7. The zero-order chi connectivity index (χ0) is 34.9. The van der Waals surface area contributed by atoms with Crippen LogP contribution in [0.3, 0.4) is 0 Å². The SMILES string of the molecule is C=CC(=O)OCCC[N+](CC)(Cc1ccccc1)Cc1ccccc1.c1ccc([B-](c2ccccc2)(c2ccccc2)c2ccccc2)cc1. The van der Waals surface area contributed by atoms with Crippen LogP contribution in [0.5, 0.6) is 0 Å². The van der Waals surface area contributed by atoms with Gasteiger partial charge in [0, 0.05) is 23.6 Å². The van der Waals surface area contributed by atoms with E-state index < -0.39 is 6.15 Å². The van der Waals surface area contributed by atoms with E-state index in [1.807, 2.05) is 0 Å². The minimum absolute atomic E-state index is 0.347. The second kappa shape index (κ2) is 18.4. The highest BCUT2D eigenvalue weighted by Gasteiger charge is 2.31. The molecule has 4 heteroatoms. The normalized spacial score (nSPS) is 11.1. The maximum atomic E-state index is 11.2. The summed E-state index contributed by atoms with van der Waals surface area (Å²) in [7, 11) is 0. The molecule has 0 spiro atoms. The average molecular weight is 658 g/mol. The topological polar surface area (TPSA) is 26.3 Å². The first-order valence-electron chi connectivity index (χ1n) is 17.7. The smallest absolute Gasteiger partial charge is 0.330 e. The number of hydrogen-bond donors (Lipinski definition) is 0. The van der Waals surface area contributed by atoms with Crippen molar-refractivity contribution < 1.29 is 14.0 Å². The molecule has 0 atom stereocenters. The highest BCUT2D eigenvalue weighted by molar-refractivity contribution is 7.19. The molecular weight excluding hydrogens is 609 g/mol. The second-order valence-electron chi connectivity index (χ2n) is 12.9. The Balaban J connectivity index is 0.000000194. The third kappa shape index (κ3) is 9.16. The molecule has 3 nitrogen and oxygen atoms in total. The second-order valence-corrected chi connectivity index (χ2v) is 12.9. The van der Waals surface area contributed by atoms with Crippen molar-refractivity contribution in [2.45, 2.75) is 26.4 Å². The van der Waals surface area contributed by atoms with Crippen LogP contribution < -0.4 is 21.9 Å². The van der Waals surface area contributed by atoms with Gasteiger partial charge >= 0.3 is 5.97 Å². The largest absolute Gasteiger partial charge is 0.462 e. The number of carbonyl (C=O) groups excluding carboxylic acids is 1. The number of benzene rings is 6. The molecule has 0 amide bonds. The summed E-state index contributed by atoms with van der Waals surface area (Å²) in [5.41, 5.74) is 8.03. The van der Waals surface area contributed by atoms with Gasteiger partial charge in [-0.2, -0.15) is 21.9 Å². The molecule has 6 aromatic rings. The van der Waals surface area contributed by atoms with Gasteiger partial charge in [-0.15, -0.1) is 0 Å². The quantitative estimate of drug-likeness (QED) is 0.0401. The van der Waals surface area contributed by atoms with Gasteiger partial charge in [-0.1, -0.05) is 189 Å². The van der Waals surface area contributed by atoms with Crippen LogP contribution in [0.15, 0.2) is 195 Å². The summed E-state index contributed by atoms with van der Waals surface area (Å²) >= 11 is 0. The van der Waals surface area contributed by atoms with Crippen molar-refractivity contribution in [2.75, 3.05) is 19.7 Å². The molecule has 0 fully saturated rings. The number of nitrogens with zero attached hydrogens (tertiary/aromatic N) is 1. The lowest BCUT2D eigenvalue weighted by molar-refractivity contribution is -0.952. The van der Waals surface area contributed by atoms with E-state index in [0.29, 0.717) is 6.61 Å². The molecule has 50 heavy (non-hydrogen) atoms. The number of quaternary nitrogens is 1. The van der Waals surface area contributed by atoms with Crippen molar-refractivity contribution in [2.24, 2.45) is 0 Å². The number of rotatable bonds is 14. The third-order valence-corrected chi connectivity index (χ3v) is 9.78. The van der Waals surface area contributed by atoms with Crippen LogP contribution in [-0.4, -0.2) is 36.3 Å². The molecule has 0 saturated carbocycles. The lowest BCUT2D eigenvalue weighted by Crippen LogP contribution is -2.74. The van der Waals surface area contributed by atoms with E-state index in [9.17, 15) is 4.79 Å². The van der Waals surface area contributed by atoms with E-state index in [1.165, 1.54) is 39.1 Å². The van der Waals surface area contributed by atoms with Gasteiger partial charge < -0.3 is 9.22 Å². The van der Waals surface area contributed by atoms with Gasteiger partial charge in [0.05, 0.1) is 19.7 Å². The van der Waals surface area contributed by atoms with Gasteiger partial charge in [0.25, 0.3) is 0 Å². The number of ether oxygens (including phenoxy) is 1. The molecule has 0 aromatic heterocycles. The molecule has 252 valence electrons. The Morgan fingerprint density at radius 2 is 0.880 bits per heavy atom. The predicted molar refractivity (Wildman–Crippen MR) is 212 cm³/mol. The van der Waals surface area contributed by atoms with Crippen molar-refractivity contribution in [1.29, 1.82) is 0 Å². The average Bonchev–Trinajstić information content (AvgIpc) is 3.19. The van der Waals surface area contributed by atoms with Crippen LogP contribution in [0, 0.1) is 0 Å². The van der Waals surface area contributed by atoms with Gasteiger partial charge in [-0.05, 0) is 6.92 Å². The highest BCUT2D eigenvalue weighted by atomic mass is 16.5. The van der Waals surface area contributed by atoms with Crippen LogP contribution in [0.2, 0.25) is 0 Å². The summed E-state index contributed by atoms with van der Waals surface area (Å²) in [6, 6.07) is 64.7. The van der Waals surface area contributed by atoms with Crippen LogP contribution in [0.4, 0.5) is 0 Å². The van der Waals surface area contributed by atoms with E-state index >= 15 is 0 Å². The molecule has 6 rings (SSSR count). The van der Waals surface area contributed by atoms with Crippen LogP contribution in [-0.2, 0) is 22.6 Å². The molecule has 0 radical (unpaired) electrons. The first kappa shape index (κ1) is 35.9. The van der Waals surface area contributed by atoms with E-state index in [1.54, 1.807) is 0 Å². The summed E-state index contributed by atoms with van der Waals surface area (Å²) < 4.78 is 6.11. The monoisotopic (exact) mass is 657 g/mol. The fourth-order valence-electron chi connectivity index (χ4n) is 7.29. The van der Waals surface area contributed by atoms with Gasteiger partial charge in [-0.25, -0.2) is 4.79 Å². The molecule has 0 aliphatic heterocycles. The molecule has 0 aliphatic rings. The third-order valence-electron chi connectivity index (χ3n) is 9.78. The van der Waals surface area contributed by atoms with Gasteiger partial charge in [-0.3, -0.25) is 0 Å². The van der Waals surface area contributed by atoms with Crippen LogP contribution in [0.1, 0.15) is 24.5 Å². The summed E-state index contributed by atoms with van der Waals surface area (Å²) in [4.78, 5) is 11.2. The number of esters is 1. The standard InChI is InChI=1S/C24H20B.C22H28NO2/c1-5-13-21(14-6-1)25(22-15-7-2-8-16-22,23-17-9-3-10-18-23)24-19-11-4-12-20-24;1-3-22(24)25-17-11-16-23(4-2,18-20-12-7-5-8-13-20)19-21-14-9-6-10-15-21/h1-20H;3,5-10,12-15H,1,4,11,16-19H2,2H3/q-1;+1. The highest BCUT2D eigenvalue weighted by Crippen LogP contribution is 2.21. The molecule has 0 saturated heterocycles. The lowest BCUT2D eigenvalue weighted by atomic mass is 9.13. The summed E-state index contributed by atoms with van der Waals surface area (Å²) in [6.45, 7) is 10.1. The van der Waals surface area contributed by atoms with Crippen molar-refractivity contribution in [3.8, 4) is 0 Å². The number of hydrogen-bond acceptors (Lipinski definition) is 2. The Morgan fingerprint density at radius 3 is 1.18 bits per heavy atom. The van der Waals surface area contributed by atoms with E-state index in [0.717, 1.165) is 37.1 Å². The Labute approximate surface area is 299 Å². The Kier molecular flexibility index (Phi) is 13.2. The maximum absolute atomic E-state index is 11.2. The fraction of sp³-hybridized carbons (Fsp3) is 0.152. The molecule has 6 aromatic carbocycles. The number of carbonyl (C=O) groups is 1. The molecule has 0 aliphatic carbocycles. The molecule has 0 N–H and O–H groups in total. The summed E-state index contributed by atoms with van der Waals surface area (Å²) in [5, 5.41) is 0. The Morgan fingerprint density at radius 1 is 0.560 bits per heavy atom. The molecule has 0 heterocycles. The first-order chi connectivity index (χ1) is 24.6. The minimum atomic E-state index is -1.22. The minimum Gasteiger partial charge on any atom is -0.462 e. The maximum Gasteiger partial charge on any atom is 0.330 e. The van der Waals surface area contributed by atoms with E-state index in [2.05, 4.69) is 195 Å². The summed E-state index contributed by atoms with van der Waals surface area (Å²) in [6.07, 6.45) is 0.843. The van der Waals surface area contributed by atoms with Crippen molar-refractivity contribution >= 4 is 34.0 Å². The van der Waals surface area contributed by atoms with Crippen molar-refractivity contribution in [3.63, 3.8) is 0 Å². The molecule has 0 bridgehead atoms. The molecular formula is C46H48BNO2. The van der Waals surface area contributed by atoms with Crippen molar-refractivity contribution in [1.82, 2.24) is 0 Å². The predicted octanol–water partition coefficient (Wildman–Crippen LogP) is 7.41. The Hall–Kier alpha value is -5.45. The van der Waals surface area contributed by atoms with Gasteiger partial charge in [0.15, 0.2) is 0 Å². The van der Waals surface area contributed by atoms with Crippen LogP contribution in [0.25, 0.3) is 0 Å². The zero-order valence-electron chi connectivity index (χ0n) is 29.2. The van der Waals surface area contributed by atoms with Crippen molar-refractivity contribution in [3.05, 3.63) is 206 Å². The zero-order valence-corrected chi connectivity index (χ0v) is 29.2. The fourth-order valence-corrected chi connectivity index (χ4v) is 7.29. The Bertz CT molecular complexity index is 1640. The summed E-state index contributed by atoms with van der Waals surface area (Å²) in [5.74, 6) is -0.347. The van der Waals surface area contributed by atoms with Crippen LogP contribution >= 0.6 is 0 Å². The molecule has 0 unspecified atom stereocenters. The van der Waals surface area contributed by atoms with Gasteiger partial charge in [0.1, 0.15) is 19.2 Å². The van der Waals surface area contributed by atoms with E-state index in [-0.39, 0.29) is 5.97 Å². The van der Waals surface area contributed by atoms with Gasteiger partial charge in [0.2, 0.25) is 0 Å². The van der Waals surface area contributed by atoms with E-state index in [4.69, 9.17) is 4.74 Å². The lowest BCUT2D eigenvalue weighted by Gasteiger charge is -2.44.